The van der Waals surface area contributed by atoms with Crippen LogP contribution in [0.1, 0.15) is 15.9 Å². The predicted octanol–water partition coefficient (Wildman–Crippen LogP) is 4.33. The van der Waals surface area contributed by atoms with E-state index in [-0.39, 0.29) is 42.5 Å². The summed E-state index contributed by atoms with van der Waals surface area (Å²) in [7, 11) is -3.55. The molecule has 0 saturated carbocycles. The van der Waals surface area contributed by atoms with E-state index < -0.39 is 27.4 Å². The first-order chi connectivity index (χ1) is 15.9. The van der Waals surface area contributed by atoms with Gasteiger partial charge in [-0.3, -0.25) is 4.79 Å². The molecule has 12 heteroatoms. The van der Waals surface area contributed by atoms with Gasteiger partial charge in [0.2, 0.25) is 0 Å². The Morgan fingerprint density at radius 3 is 2.32 bits per heavy atom. The smallest absolute Gasteiger partial charge is 0.368 e. The largest absolute Gasteiger partial charge is 0.419 e. The van der Waals surface area contributed by atoms with Gasteiger partial charge < -0.3 is 9.80 Å². The Labute approximate surface area is 197 Å². The van der Waals surface area contributed by atoms with Crippen LogP contribution in [-0.4, -0.2) is 56.6 Å². The maximum absolute atomic E-state index is 14.0. The van der Waals surface area contributed by atoms with E-state index in [1.54, 1.807) is 22.5 Å². The fourth-order valence-electron chi connectivity index (χ4n) is 3.74. The number of halogens is 4. The zero-order valence-corrected chi connectivity index (χ0v) is 19.5. The van der Waals surface area contributed by atoms with Crippen molar-refractivity contribution in [3.8, 4) is 10.6 Å². The minimum absolute atomic E-state index is 0.00928. The lowest BCUT2D eigenvalue weighted by Gasteiger charge is -2.36. The van der Waals surface area contributed by atoms with E-state index >= 15 is 0 Å². The van der Waals surface area contributed by atoms with Gasteiger partial charge >= 0.3 is 6.18 Å². The van der Waals surface area contributed by atoms with Crippen molar-refractivity contribution in [3.05, 3.63) is 64.9 Å². The number of thiazole rings is 1. The average molecular weight is 514 g/mol. The second kappa shape index (κ2) is 8.99. The molecule has 1 amide bonds. The number of aromatic nitrogens is 1. The highest BCUT2D eigenvalue weighted by Gasteiger charge is 2.34. The normalized spacial score (nSPS) is 15.0. The summed E-state index contributed by atoms with van der Waals surface area (Å²) < 4.78 is 76.5. The molecule has 0 unspecified atom stereocenters. The number of benzene rings is 2. The van der Waals surface area contributed by atoms with Crippen molar-refractivity contribution < 1.29 is 30.8 Å². The number of carbonyl (C=O) groups is 1. The van der Waals surface area contributed by atoms with E-state index in [4.69, 9.17) is 0 Å². The number of hydrogen-bond donors (Lipinski definition) is 0. The van der Waals surface area contributed by atoms with Crippen LogP contribution in [0.4, 0.5) is 23.2 Å². The molecule has 0 bridgehead atoms. The number of alkyl halides is 3. The minimum Gasteiger partial charge on any atom is -0.368 e. The second-order valence-electron chi connectivity index (χ2n) is 7.76. The van der Waals surface area contributed by atoms with Crippen LogP contribution in [-0.2, 0) is 16.0 Å². The summed E-state index contributed by atoms with van der Waals surface area (Å²) >= 11 is 1.31. The molecule has 2 aromatic carbocycles. The molecule has 1 aromatic heterocycles. The Morgan fingerprint density at radius 2 is 1.76 bits per heavy atom. The van der Waals surface area contributed by atoms with E-state index in [1.165, 1.54) is 34.4 Å². The zero-order chi connectivity index (χ0) is 24.7. The molecular formula is C22H19F4N3O3S2. The van der Waals surface area contributed by atoms with E-state index in [0.717, 1.165) is 12.3 Å². The summed E-state index contributed by atoms with van der Waals surface area (Å²) in [4.78, 5) is 20.8. The van der Waals surface area contributed by atoms with E-state index in [9.17, 15) is 30.8 Å². The highest BCUT2D eigenvalue weighted by molar-refractivity contribution is 7.90. The molecule has 0 N–H and O–H groups in total. The number of sulfone groups is 1. The quantitative estimate of drug-likeness (QED) is 0.486. The number of nitrogens with zero attached hydrogens (tertiary/aromatic N) is 3. The van der Waals surface area contributed by atoms with Gasteiger partial charge in [0.25, 0.3) is 5.91 Å². The molecular weight excluding hydrogens is 494 g/mol. The lowest BCUT2D eigenvalue weighted by molar-refractivity contribution is -0.139. The van der Waals surface area contributed by atoms with Gasteiger partial charge in [-0.05, 0) is 36.4 Å². The van der Waals surface area contributed by atoms with Crippen molar-refractivity contribution in [2.24, 2.45) is 0 Å². The van der Waals surface area contributed by atoms with Crippen molar-refractivity contribution in [3.63, 3.8) is 0 Å². The number of anilines is 1. The first-order valence-corrected chi connectivity index (χ1v) is 12.9. The molecule has 3 aromatic rings. The van der Waals surface area contributed by atoms with Crippen LogP contribution in [0, 0.1) is 5.82 Å². The molecule has 6 nitrogen and oxygen atoms in total. The van der Waals surface area contributed by atoms with E-state index in [0.29, 0.717) is 22.3 Å². The molecule has 1 fully saturated rings. The van der Waals surface area contributed by atoms with Gasteiger partial charge in [0.05, 0.1) is 16.0 Å². The number of hydrogen-bond acceptors (Lipinski definition) is 6. The lowest BCUT2D eigenvalue weighted by atomic mass is 10.1. The van der Waals surface area contributed by atoms with Gasteiger partial charge in [0, 0.05) is 55.3 Å². The fourth-order valence-corrected chi connectivity index (χ4v) is 5.07. The molecule has 34 heavy (non-hydrogen) atoms. The van der Waals surface area contributed by atoms with Crippen LogP contribution < -0.4 is 4.90 Å². The first-order valence-electron chi connectivity index (χ1n) is 10.1. The Hall–Kier alpha value is -2.99. The van der Waals surface area contributed by atoms with Crippen LogP contribution >= 0.6 is 11.3 Å². The lowest BCUT2D eigenvalue weighted by Crippen LogP contribution is -2.49. The third-order valence-electron chi connectivity index (χ3n) is 5.50. The molecule has 0 atom stereocenters. The fraction of sp³-hybridized carbons (Fsp3) is 0.273. The van der Waals surface area contributed by atoms with Gasteiger partial charge in [-0.2, -0.15) is 13.2 Å². The highest BCUT2D eigenvalue weighted by Crippen LogP contribution is 2.34. The number of amides is 1. The van der Waals surface area contributed by atoms with Gasteiger partial charge in [-0.1, -0.05) is 0 Å². The Bertz CT molecular complexity index is 1320. The van der Waals surface area contributed by atoms with Crippen LogP contribution in [0.25, 0.3) is 10.6 Å². The summed E-state index contributed by atoms with van der Waals surface area (Å²) in [6.45, 7) is 0.994. The van der Waals surface area contributed by atoms with Crippen LogP contribution in [0.3, 0.4) is 0 Å². The topological polar surface area (TPSA) is 70.6 Å². The molecule has 1 aliphatic heterocycles. The SMILES string of the molecule is CS(=O)(=O)c1ccc(-c2nccs2)c(C(=O)N2CCN(c3ccc(C(F)(F)F)c(F)c3)CC2)c1. The standard InChI is InChI=1S/C22H19F4N3O3S2/c1-34(31,32)15-3-4-16(20-27-6-11-33-20)17(13-15)21(30)29-9-7-28(8-10-29)14-2-5-18(19(23)12-14)22(24,25)26/h2-6,11-13H,7-10H2,1H3. The Morgan fingerprint density at radius 1 is 1.06 bits per heavy atom. The van der Waals surface area contributed by atoms with Gasteiger partial charge in [-0.25, -0.2) is 17.8 Å². The first kappa shape index (κ1) is 24.1. The van der Waals surface area contributed by atoms with Crippen LogP contribution in [0.2, 0.25) is 0 Å². The maximum atomic E-state index is 14.0. The molecule has 2 heterocycles. The van der Waals surface area contributed by atoms with Gasteiger partial charge in [-0.15, -0.1) is 11.3 Å². The monoisotopic (exact) mass is 513 g/mol. The average Bonchev–Trinajstić information content (AvgIpc) is 3.31. The summed E-state index contributed by atoms with van der Waals surface area (Å²) in [6.07, 6.45) is -2.13. The van der Waals surface area contributed by atoms with Crippen molar-refractivity contribution in [1.82, 2.24) is 9.88 Å². The zero-order valence-electron chi connectivity index (χ0n) is 17.8. The highest BCUT2D eigenvalue weighted by atomic mass is 32.2. The van der Waals surface area contributed by atoms with Crippen molar-refractivity contribution in [1.29, 1.82) is 0 Å². The molecule has 1 saturated heterocycles. The van der Waals surface area contributed by atoms with E-state index in [1.807, 2.05) is 0 Å². The summed E-state index contributed by atoms with van der Waals surface area (Å²) in [6, 6.07) is 7.09. The van der Waals surface area contributed by atoms with Gasteiger partial charge in [0.1, 0.15) is 10.8 Å². The number of carbonyl (C=O) groups excluding carboxylic acids is 1. The van der Waals surface area contributed by atoms with Crippen molar-refractivity contribution >= 4 is 32.8 Å². The minimum atomic E-state index is -4.77. The molecule has 0 spiro atoms. The maximum Gasteiger partial charge on any atom is 0.419 e. The summed E-state index contributed by atoms with van der Waals surface area (Å²) in [5, 5.41) is 2.32. The van der Waals surface area contributed by atoms with Gasteiger partial charge in [0.15, 0.2) is 9.84 Å². The Kier molecular flexibility index (Phi) is 6.38. The third kappa shape index (κ3) is 4.92. The van der Waals surface area contributed by atoms with Crippen LogP contribution in [0.15, 0.2) is 52.9 Å². The summed E-state index contributed by atoms with van der Waals surface area (Å²) in [5.41, 5.74) is -0.322. The van der Waals surface area contributed by atoms with E-state index in [2.05, 4.69) is 4.98 Å². The third-order valence-corrected chi connectivity index (χ3v) is 7.42. The van der Waals surface area contributed by atoms with Crippen molar-refractivity contribution in [2.75, 3.05) is 37.3 Å². The molecule has 0 aliphatic carbocycles. The van der Waals surface area contributed by atoms with Crippen LogP contribution in [0.5, 0.6) is 0 Å². The number of rotatable bonds is 4. The number of piperazine rings is 1. The summed E-state index contributed by atoms with van der Waals surface area (Å²) in [5.74, 6) is -1.73. The van der Waals surface area contributed by atoms with Crippen molar-refractivity contribution in [2.45, 2.75) is 11.1 Å². The molecule has 4 rings (SSSR count). The molecule has 0 radical (unpaired) electrons. The predicted molar refractivity (Wildman–Crippen MR) is 120 cm³/mol. The second-order valence-corrected chi connectivity index (χ2v) is 10.7. The molecule has 1 aliphatic rings. The Balaban J connectivity index is 1.55. The molecule has 180 valence electrons.